The van der Waals surface area contributed by atoms with E-state index in [9.17, 15) is 4.79 Å². The lowest BCUT2D eigenvalue weighted by atomic mass is 9.69. The fourth-order valence-corrected chi connectivity index (χ4v) is 5.51. The van der Waals surface area contributed by atoms with Crippen LogP contribution in [0.5, 0.6) is 0 Å². The van der Waals surface area contributed by atoms with Crippen LogP contribution in [0.3, 0.4) is 0 Å². The predicted molar refractivity (Wildman–Crippen MR) is 94.7 cm³/mol. The van der Waals surface area contributed by atoms with Crippen LogP contribution in [-0.4, -0.2) is 23.4 Å². The second kappa shape index (κ2) is 6.67. The lowest BCUT2D eigenvalue weighted by Gasteiger charge is -2.46. The molecule has 1 amide bonds. The van der Waals surface area contributed by atoms with E-state index in [-0.39, 0.29) is 5.92 Å². The summed E-state index contributed by atoms with van der Waals surface area (Å²) in [5, 5.41) is 0. The van der Waals surface area contributed by atoms with Crippen LogP contribution in [0, 0.1) is 29.6 Å². The number of hydrogen-bond acceptors (Lipinski definition) is 1. The Balaban J connectivity index is 1.79. The van der Waals surface area contributed by atoms with Crippen molar-refractivity contribution in [1.29, 1.82) is 0 Å². The molecule has 0 aromatic rings. The first kappa shape index (κ1) is 16.5. The third-order valence-electron chi connectivity index (χ3n) is 6.30. The first-order valence-electron chi connectivity index (χ1n) is 9.13. The van der Waals surface area contributed by atoms with E-state index in [1.807, 2.05) is 0 Å². The lowest BCUT2D eigenvalue weighted by molar-refractivity contribution is -0.143. The zero-order chi connectivity index (χ0) is 15.9. The predicted octanol–water partition coefficient (Wildman–Crippen LogP) is 4.98. The summed E-state index contributed by atoms with van der Waals surface area (Å²) in [6.07, 6.45) is 9.46. The van der Waals surface area contributed by atoms with Crippen molar-refractivity contribution in [2.45, 2.75) is 65.3 Å². The fourth-order valence-electron chi connectivity index (χ4n) is 4.89. The number of rotatable bonds is 2. The van der Waals surface area contributed by atoms with Crippen molar-refractivity contribution in [2.75, 3.05) is 6.54 Å². The minimum Gasteiger partial charge on any atom is -0.335 e. The van der Waals surface area contributed by atoms with Crippen molar-refractivity contribution >= 4 is 21.8 Å². The van der Waals surface area contributed by atoms with Crippen LogP contribution < -0.4 is 0 Å². The molecule has 2 fully saturated rings. The van der Waals surface area contributed by atoms with E-state index in [1.165, 1.54) is 30.2 Å². The van der Waals surface area contributed by atoms with Gasteiger partial charge in [0.25, 0.3) is 0 Å². The summed E-state index contributed by atoms with van der Waals surface area (Å²) in [5.74, 6) is 3.38. The zero-order valence-corrected chi connectivity index (χ0v) is 15.8. The largest absolute Gasteiger partial charge is 0.335 e. The highest BCUT2D eigenvalue weighted by Crippen LogP contribution is 2.42. The molecule has 0 N–H and O–H groups in total. The molecule has 3 heteroatoms. The second-order valence-electron chi connectivity index (χ2n) is 8.20. The van der Waals surface area contributed by atoms with Gasteiger partial charge in [0.15, 0.2) is 0 Å². The van der Waals surface area contributed by atoms with E-state index in [2.05, 4.69) is 47.7 Å². The molecule has 22 heavy (non-hydrogen) atoms. The molecular formula is C19H30BrNO. The van der Waals surface area contributed by atoms with Gasteiger partial charge in [0, 0.05) is 16.9 Å². The molecule has 5 atom stereocenters. The summed E-state index contributed by atoms with van der Waals surface area (Å²) in [7, 11) is 0. The topological polar surface area (TPSA) is 20.3 Å². The van der Waals surface area contributed by atoms with Gasteiger partial charge in [-0.25, -0.2) is 0 Å². The Labute approximate surface area is 143 Å². The number of amides is 1. The van der Waals surface area contributed by atoms with Crippen LogP contribution in [0.25, 0.3) is 0 Å². The Morgan fingerprint density at radius 3 is 2.77 bits per heavy atom. The number of carbonyl (C=O) groups excluding carboxylic acids is 1. The van der Waals surface area contributed by atoms with Crippen LogP contribution in [0.15, 0.2) is 10.6 Å². The van der Waals surface area contributed by atoms with Gasteiger partial charge in [0.2, 0.25) is 5.91 Å². The molecule has 1 heterocycles. The number of piperidine rings is 1. The van der Waals surface area contributed by atoms with Crippen molar-refractivity contribution in [3.05, 3.63) is 10.6 Å². The molecule has 124 valence electrons. The van der Waals surface area contributed by atoms with Gasteiger partial charge < -0.3 is 4.90 Å². The number of hydrogen-bond donors (Lipinski definition) is 0. The molecule has 1 saturated carbocycles. The maximum atomic E-state index is 13.3. The number of carbonyl (C=O) groups is 1. The summed E-state index contributed by atoms with van der Waals surface area (Å²) >= 11 is 3.73. The van der Waals surface area contributed by atoms with E-state index in [1.54, 1.807) is 0 Å². The average Bonchev–Trinajstić information content (AvgIpc) is 2.50. The Morgan fingerprint density at radius 2 is 2.05 bits per heavy atom. The first-order valence-corrected chi connectivity index (χ1v) is 9.92. The van der Waals surface area contributed by atoms with Gasteiger partial charge in [-0.3, -0.25) is 4.79 Å². The molecule has 3 rings (SSSR count). The number of nitrogens with zero attached hydrogens (tertiary/aromatic N) is 1. The molecule has 0 radical (unpaired) electrons. The fraction of sp³-hybridized carbons (Fsp3) is 0.842. The van der Waals surface area contributed by atoms with Crippen LogP contribution in [0.4, 0.5) is 0 Å². The van der Waals surface area contributed by atoms with Crippen molar-refractivity contribution in [2.24, 2.45) is 29.6 Å². The van der Waals surface area contributed by atoms with E-state index in [0.717, 1.165) is 25.3 Å². The molecular weight excluding hydrogens is 338 g/mol. The van der Waals surface area contributed by atoms with Gasteiger partial charge in [-0.1, -0.05) is 49.2 Å². The number of likely N-dealkylation sites (tertiary alicyclic amines) is 1. The van der Waals surface area contributed by atoms with E-state index < -0.39 is 0 Å². The maximum absolute atomic E-state index is 13.3. The lowest BCUT2D eigenvalue weighted by Crippen LogP contribution is -2.52. The number of fused-ring (bicyclic) bond motifs is 2. The van der Waals surface area contributed by atoms with E-state index in [0.29, 0.717) is 29.7 Å². The molecule has 1 aliphatic heterocycles. The number of allylic oxidation sites excluding steroid dienone is 1. The van der Waals surface area contributed by atoms with Gasteiger partial charge in [0.1, 0.15) is 0 Å². The van der Waals surface area contributed by atoms with Crippen LogP contribution in [-0.2, 0) is 4.79 Å². The highest BCUT2D eigenvalue weighted by Gasteiger charge is 2.42. The Hall–Kier alpha value is -0.310. The standard InChI is InChI=1S/C19H30BrNO/c1-12(2)15-6-4-13(3)10-16(15)19(22)21-9-8-14-5-7-17(20)18(21)11-14/h7,12-16,18H,4-6,8-11H2,1-3H3/t13-,14+,15+,16-,18-/m1/s1. The summed E-state index contributed by atoms with van der Waals surface area (Å²) < 4.78 is 1.25. The zero-order valence-electron chi connectivity index (χ0n) is 14.2. The molecule has 0 spiro atoms. The summed E-state index contributed by atoms with van der Waals surface area (Å²) in [6.45, 7) is 7.87. The van der Waals surface area contributed by atoms with Gasteiger partial charge in [-0.15, -0.1) is 0 Å². The van der Waals surface area contributed by atoms with Crippen LogP contribution >= 0.6 is 15.9 Å². The van der Waals surface area contributed by atoms with Crippen LogP contribution in [0.2, 0.25) is 0 Å². The monoisotopic (exact) mass is 367 g/mol. The van der Waals surface area contributed by atoms with Gasteiger partial charge >= 0.3 is 0 Å². The Morgan fingerprint density at radius 1 is 1.27 bits per heavy atom. The van der Waals surface area contributed by atoms with Crippen molar-refractivity contribution in [3.8, 4) is 0 Å². The summed E-state index contributed by atoms with van der Waals surface area (Å²) in [5.41, 5.74) is 0. The molecule has 0 aromatic heterocycles. The Kier molecular flexibility index (Phi) is 5.01. The number of halogens is 1. The first-order chi connectivity index (χ1) is 10.5. The van der Waals surface area contributed by atoms with E-state index in [4.69, 9.17) is 0 Å². The van der Waals surface area contributed by atoms with E-state index >= 15 is 0 Å². The smallest absolute Gasteiger partial charge is 0.226 e. The normalized spacial score (nSPS) is 38.9. The average molecular weight is 368 g/mol. The highest BCUT2D eigenvalue weighted by atomic mass is 79.9. The van der Waals surface area contributed by atoms with Crippen LogP contribution in [0.1, 0.15) is 59.3 Å². The molecule has 0 aromatic carbocycles. The quantitative estimate of drug-likeness (QED) is 0.673. The Bertz CT molecular complexity index is 458. The van der Waals surface area contributed by atoms with Crippen molar-refractivity contribution in [3.63, 3.8) is 0 Å². The summed E-state index contributed by atoms with van der Waals surface area (Å²) in [4.78, 5) is 15.6. The van der Waals surface area contributed by atoms with Gasteiger partial charge in [-0.2, -0.15) is 0 Å². The van der Waals surface area contributed by atoms with Crippen molar-refractivity contribution in [1.82, 2.24) is 4.90 Å². The van der Waals surface area contributed by atoms with Crippen molar-refractivity contribution < 1.29 is 4.79 Å². The molecule has 0 unspecified atom stereocenters. The van der Waals surface area contributed by atoms with Gasteiger partial charge in [-0.05, 0) is 55.8 Å². The molecule has 3 aliphatic rings. The third kappa shape index (κ3) is 3.16. The maximum Gasteiger partial charge on any atom is 0.226 e. The molecule has 2 nitrogen and oxygen atoms in total. The molecule has 2 aliphatic carbocycles. The van der Waals surface area contributed by atoms with Gasteiger partial charge in [0.05, 0.1) is 6.04 Å². The minimum absolute atomic E-state index is 0.252. The third-order valence-corrected chi connectivity index (χ3v) is 7.15. The molecule has 2 bridgehead atoms. The second-order valence-corrected chi connectivity index (χ2v) is 9.11. The molecule has 1 saturated heterocycles. The SMILES string of the molecule is CC(C)[C@@H]1CC[C@@H](C)C[C@H]1C(=O)N1CC[C@@H]2CC=C(Br)[C@H]1C2. The minimum atomic E-state index is 0.252. The highest BCUT2D eigenvalue weighted by molar-refractivity contribution is 9.11. The summed E-state index contributed by atoms with van der Waals surface area (Å²) in [6, 6.07) is 0.324.